The van der Waals surface area contributed by atoms with E-state index in [0.29, 0.717) is 6.42 Å². The predicted molar refractivity (Wildman–Crippen MR) is 60.5 cm³/mol. The number of carboxylic acids is 1. The Hall–Kier alpha value is -0.340. The average molecular weight is 223 g/mol. The van der Waals surface area contributed by atoms with Gasteiger partial charge in [-0.15, -0.1) is 0 Å². The van der Waals surface area contributed by atoms with E-state index < -0.39 is 14.6 Å². The Morgan fingerprint density at radius 2 is 1.93 bits per heavy atom. The lowest BCUT2D eigenvalue weighted by Gasteiger charge is -1.93. The summed E-state index contributed by atoms with van der Waals surface area (Å²) in [6.45, 7) is 4.92. The molecule has 0 fully saturated rings. The van der Waals surface area contributed by atoms with E-state index in [1.807, 2.05) is 6.92 Å². The van der Waals surface area contributed by atoms with Crippen molar-refractivity contribution in [2.24, 2.45) is 0 Å². The second-order valence-corrected chi connectivity index (χ2v) is 3.57. The number of carboxylic acid groups (broad SMARTS) is 1. The molecule has 0 heterocycles. The van der Waals surface area contributed by atoms with Crippen LogP contribution in [0.5, 0.6) is 0 Å². The molecule has 14 heavy (non-hydrogen) atoms. The summed E-state index contributed by atoms with van der Waals surface area (Å²) in [5.41, 5.74) is 0. The summed E-state index contributed by atoms with van der Waals surface area (Å²) in [5.74, 6) is -0.711. The van der Waals surface area contributed by atoms with Gasteiger partial charge in [-0.1, -0.05) is 26.7 Å². The van der Waals surface area contributed by atoms with Crippen molar-refractivity contribution in [1.82, 2.24) is 5.09 Å². The molecule has 0 aliphatic heterocycles. The standard InChI is InChI=1S/C5H14NOP.C4H8O2/c1-2-3-4-5-6-8-7;1-2-3-4(5)6/h2-5,8H2,1H3,(H,6,7);2-3H2,1H3,(H,5,6). The zero-order valence-electron chi connectivity index (χ0n) is 9.08. The van der Waals surface area contributed by atoms with Gasteiger partial charge >= 0.3 is 5.97 Å². The number of aliphatic carboxylic acids is 1. The van der Waals surface area contributed by atoms with E-state index in [1.54, 1.807) is 0 Å². The summed E-state index contributed by atoms with van der Waals surface area (Å²) in [7, 11) is -0.722. The second kappa shape index (κ2) is 15.1. The molecule has 0 aliphatic carbocycles. The number of unbranched alkanes of at least 4 members (excludes halogenated alkanes) is 2. The van der Waals surface area contributed by atoms with Crippen LogP contribution in [0.3, 0.4) is 0 Å². The van der Waals surface area contributed by atoms with Crippen LogP contribution in [0.1, 0.15) is 46.0 Å². The maximum absolute atomic E-state index is 9.87. The van der Waals surface area contributed by atoms with Crippen molar-refractivity contribution >= 4 is 14.6 Å². The molecule has 0 saturated carbocycles. The van der Waals surface area contributed by atoms with Crippen molar-refractivity contribution in [1.29, 1.82) is 0 Å². The van der Waals surface area contributed by atoms with Gasteiger partial charge in [-0.25, -0.2) is 0 Å². The molecular weight excluding hydrogens is 201 g/mol. The lowest BCUT2D eigenvalue weighted by atomic mass is 10.3. The molecule has 0 aromatic carbocycles. The van der Waals surface area contributed by atoms with Crippen molar-refractivity contribution in [3.8, 4) is 0 Å². The van der Waals surface area contributed by atoms with Crippen LogP contribution in [-0.2, 0) is 9.36 Å². The average Bonchev–Trinajstić information content (AvgIpc) is 2.13. The molecule has 1 atom stereocenters. The van der Waals surface area contributed by atoms with Crippen LogP contribution in [0.25, 0.3) is 0 Å². The third-order valence-electron chi connectivity index (χ3n) is 1.47. The summed E-state index contributed by atoms with van der Waals surface area (Å²) < 4.78 is 9.87. The number of hydrogen-bond acceptors (Lipinski definition) is 2. The summed E-state index contributed by atoms with van der Waals surface area (Å²) in [6.07, 6.45) is 4.66. The molecule has 4 nitrogen and oxygen atoms in total. The summed E-state index contributed by atoms with van der Waals surface area (Å²) in [5, 5.41) is 10.7. The molecule has 86 valence electrons. The fourth-order valence-corrected chi connectivity index (χ4v) is 1.07. The molecule has 0 aromatic heterocycles. The van der Waals surface area contributed by atoms with Crippen LogP contribution in [0.4, 0.5) is 0 Å². The van der Waals surface area contributed by atoms with E-state index in [0.717, 1.165) is 19.4 Å². The molecule has 0 aromatic rings. The minimum Gasteiger partial charge on any atom is -0.481 e. The van der Waals surface area contributed by atoms with Crippen LogP contribution in [0.2, 0.25) is 0 Å². The van der Waals surface area contributed by atoms with Gasteiger partial charge in [-0.2, -0.15) is 0 Å². The van der Waals surface area contributed by atoms with Gasteiger partial charge in [0.25, 0.3) is 0 Å². The van der Waals surface area contributed by atoms with Crippen LogP contribution in [0.15, 0.2) is 0 Å². The fraction of sp³-hybridized carbons (Fsp3) is 0.889. The molecule has 0 amide bonds. The van der Waals surface area contributed by atoms with Crippen molar-refractivity contribution < 1.29 is 14.5 Å². The molecule has 0 saturated heterocycles. The van der Waals surface area contributed by atoms with Crippen LogP contribution in [-0.4, -0.2) is 17.6 Å². The molecule has 0 rings (SSSR count). The van der Waals surface area contributed by atoms with Crippen molar-refractivity contribution in [3.05, 3.63) is 0 Å². The van der Waals surface area contributed by atoms with Crippen LogP contribution < -0.4 is 5.09 Å². The maximum Gasteiger partial charge on any atom is 0.303 e. The second-order valence-electron chi connectivity index (χ2n) is 2.92. The van der Waals surface area contributed by atoms with Gasteiger partial charge in [-0.3, -0.25) is 9.88 Å². The normalized spacial score (nSPS) is 9.86. The Labute approximate surface area is 87.3 Å². The first-order valence-electron chi connectivity index (χ1n) is 5.07. The first-order chi connectivity index (χ1) is 6.68. The smallest absolute Gasteiger partial charge is 0.303 e. The number of rotatable bonds is 7. The highest BCUT2D eigenvalue weighted by molar-refractivity contribution is 7.21. The highest BCUT2D eigenvalue weighted by Crippen LogP contribution is 1.92. The van der Waals surface area contributed by atoms with Crippen LogP contribution >= 0.6 is 8.61 Å². The highest BCUT2D eigenvalue weighted by Gasteiger charge is 1.87. The lowest BCUT2D eigenvalue weighted by molar-refractivity contribution is -0.137. The van der Waals surface area contributed by atoms with Gasteiger partial charge in [0.1, 0.15) is 8.61 Å². The Balaban J connectivity index is 0. The summed E-state index contributed by atoms with van der Waals surface area (Å²) in [6, 6.07) is 0. The largest absolute Gasteiger partial charge is 0.481 e. The molecule has 0 radical (unpaired) electrons. The molecule has 1 unspecified atom stereocenters. The van der Waals surface area contributed by atoms with E-state index in [-0.39, 0.29) is 0 Å². The fourth-order valence-electron chi connectivity index (χ4n) is 0.750. The van der Waals surface area contributed by atoms with Crippen molar-refractivity contribution in [2.75, 3.05) is 6.54 Å². The first kappa shape index (κ1) is 16.1. The molecule has 0 bridgehead atoms. The monoisotopic (exact) mass is 223 g/mol. The van der Waals surface area contributed by atoms with Gasteiger partial charge in [-0.05, 0) is 12.8 Å². The van der Waals surface area contributed by atoms with E-state index in [1.165, 1.54) is 12.8 Å². The van der Waals surface area contributed by atoms with Crippen LogP contribution in [0, 0.1) is 0 Å². The molecule has 5 heteroatoms. The molecular formula is C9H22NO3P. The zero-order valence-corrected chi connectivity index (χ0v) is 10.2. The van der Waals surface area contributed by atoms with E-state index in [4.69, 9.17) is 5.11 Å². The topological polar surface area (TPSA) is 66.4 Å². The van der Waals surface area contributed by atoms with Crippen molar-refractivity contribution in [3.63, 3.8) is 0 Å². The third kappa shape index (κ3) is 22.6. The quantitative estimate of drug-likeness (QED) is 0.513. The molecule has 0 spiro atoms. The minimum absolute atomic E-state index is 0.292. The van der Waals surface area contributed by atoms with Gasteiger partial charge in [0.05, 0.1) is 0 Å². The number of carbonyl (C=O) groups is 1. The van der Waals surface area contributed by atoms with E-state index in [9.17, 15) is 9.36 Å². The maximum atomic E-state index is 9.87. The minimum atomic E-state index is -0.722. The highest BCUT2D eigenvalue weighted by atomic mass is 31.1. The SMILES string of the molecule is CCCC(=O)O.CCCCCN[PH2]=O. The van der Waals surface area contributed by atoms with Crippen molar-refractivity contribution in [2.45, 2.75) is 46.0 Å². The Morgan fingerprint density at radius 3 is 2.21 bits per heavy atom. The zero-order chi connectivity index (χ0) is 11.2. The van der Waals surface area contributed by atoms with E-state index in [2.05, 4.69) is 12.0 Å². The Bertz CT molecular complexity index is 142. The molecule has 2 N–H and O–H groups in total. The summed E-state index contributed by atoms with van der Waals surface area (Å²) >= 11 is 0. The van der Waals surface area contributed by atoms with Gasteiger partial charge in [0.2, 0.25) is 0 Å². The Morgan fingerprint density at radius 1 is 1.29 bits per heavy atom. The third-order valence-corrected chi connectivity index (χ3v) is 1.93. The molecule has 0 aliphatic rings. The first-order valence-corrected chi connectivity index (χ1v) is 6.12. The van der Waals surface area contributed by atoms with E-state index >= 15 is 0 Å². The summed E-state index contributed by atoms with van der Waals surface area (Å²) in [4.78, 5) is 9.60. The number of nitrogens with one attached hydrogen (secondary N) is 1. The number of hydrogen-bond donors (Lipinski definition) is 2. The predicted octanol–water partition coefficient (Wildman–Crippen LogP) is 2.31. The van der Waals surface area contributed by atoms with Gasteiger partial charge < -0.3 is 9.67 Å². The lowest BCUT2D eigenvalue weighted by Crippen LogP contribution is -1.99. The van der Waals surface area contributed by atoms with Gasteiger partial charge in [0, 0.05) is 13.0 Å². The van der Waals surface area contributed by atoms with Gasteiger partial charge in [0.15, 0.2) is 0 Å². The Kier molecular flexibility index (Phi) is 17.4.